The van der Waals surface area contributed by atoms with Crippen molar-refractivity contribution < 1.29 is 22.6 Å². The van der Waals surface area contributed by atoms with Gasteiger partial charge in [-0.15, -0.1) is 0 Å². The molecule has 4 heterocycles. The molecule has 6 rings (SSSR count). The van der Waals surface area contributed by atoms with Gasteiger partial charge in [0.2, 0.25) is 0 Å². The van der Waals surface area contributed by atoms with E-state index < -0.39 is 12.7 Å². The highest BCUT2D eigenvalue weighted by Gasteiger charge is 2.50. The minimum Gasteiger partial charge on any atom is -0.382 e. The smallest absolute Gasteiger partial charge is 0.382 e. The summed E-state index contributed by atoms with van der Waals surface area (Å²) in [7, 11) is 0. The number of benzene rings is 1. The first-order valence-corrected chi connectivity index (χ1v) is 13.9. The Balaban J connectivity index is 1.13. The number of ether oxygens (including phenoxy) is 2. The molecule has 6 nitrogen and oxygen atoms in total. The van der Waals surface area contributed by atoms with Crippen LogP contribution in [0.1, 0.15) is 44.2 Å². The van der Waals surface area contributed by atoms with Crippen LogP contribution in [0.5, 0.6) is 0 Å². The maximum absolute atomic E-state index is 13.5. The number of rotatable bonds is 6. The van der Waals surface area contributed by atoms with Crippen LogP contribution in [0, 0.1) is 17.3 Å². The molecule has 1 aromatic carbocycles. The van der Waals surface area contributed by atoms with E-state index in [1.807, 2.05) is 18.2 Å². The van der Waals surface area contributed by atoms with Gasteiger partial charge in [0.1, 0.15) is 6.54 Å². The van der Waals surface area contributed by atoms with Gasteiger partial charge in [-0.3, -0.25) is 4.90 Å². The molecule has 0 unspecified atom stereocenters. The second kappa shape index (κ2) is 10.7. The van der Waals surface area contributed by atoms with E-state index in [1.54, 1.807) is 6.07 Å². The fraction of sp³-hybridized carbons (Fsp3) is 0.655. The molecule has 3 saturated heterocycles. The summed E-state index contributed by atoms with van der Waals surface area (Å²) < 4.78 is 52.7. The molecule has 0 amide bonds. The predicted molar refractivity (Wildman–Crippen MR) is 141 cm³/mol. The van der Waals surface area contributed by atoms with Crippen molar-refractivity contribution in [3.8, 4) is 11.8 Å². The van der Waals surface area contributed by atoms with Crippen molar-refractivity contribution in [2.75, 3.05) is 51.4 Å². The lowest BCUT2D eigenvalue weighted by atomic mass is 9.75. The van der Waals surface area contributed by atoms with E-state index in [1.165, 1.54) is 4.57 Å². The predicted octanol–water partition coefficient (Wildman–Crippen LogP) is 4.38. The van der Waals surface area contributed by atoms with E-state index in [2.05, 4.69) is 27.4 Å². The molecule has 1 spiro atoms. The van der Waals surface area contributed by atoms with Crippen molar-refractivity contribution in [1.29, 1.82) is 0 Å². The standard InChI is InChI=1S/C29H37F3N4O2/c30-29(31,32)18-36-24(3-2-12-33-21-10-13-37-14-11-21)15-25-26(4-1-5-27(25)36)34-22-6-8-23(9-7-22)35-16-28(17-35)19-38-20-28/h1,4-5,15,21-23,33-34H,6-14,16-20H2. The van der Waals surface area contributed by atoms with Gasteiger partial charge in [0.25, 0.3) is 0 Å². The maximum atomic E-state index is 13.5. The van der Waals surface area contributed by atoms with Crippen molar-refractivity contribution >= 4 is 16.6 Å². The van der Waals surface area contributed by atoms with E-state index >= 15 is 0 Å². The Morgan fingerprint density at radius 3 is 2.42 bits per heavy atom. The van der Waals surface area contributed by atoms with Gasteiger partial charge >= 0.3 is 6.18 Å². The van der Waals surface area contributed by atoms with Crippen molar-refractivity contribution in [3.05, 3.63) is 30.0 Å². The van der Waals surface area contributed by atoms with Crippen LogP contribution in [-0.2, 0) is 16.0 Å². The average Bonchev–Trinajstić information content (AvgIpc) is 3.18. The average molecular weight is 531 g/mol. The number of alkyl halides is 3. The SMILES string of the molecule is FC(F)(F)Cn1c(C#CCNC2CCOCC2)cc2c(NC3CCC(N4CC5(COC5)C4)CC3)cccc21. The maximum Gasteiger partial charge on any atom is 0.406 e. The molecule has 0 atom stereocenters. The van der Waals surface area contributed by atoms with E-state index in [4.69, 9.17) is 9.47 Å². The third-order valence-electron chi connectivity index (χ3n) is 8.67. The van der Waals surface area contributed by atoms with Gasteiger partial charge < -0.3 is 24.7 Å². The fourth-order valence-electron chi connectivity index (χ4n) is 6.55. The summed E-state index contributed by atoms with van der Waals surface area (Å²) in [5.41, 5.74) is 2.30. The molecule has 2 N–H and O–H groups in total. The Morgan fingerprint density at radius 2 is 1.74 bits per heavy atom. The van der Waals surface area contributed by atoms with Gasteiger partial charge in [-0.1, -0.05) is 12.0 Å². The number of anilines is 1. The summed E-state index contributed by atoms with van der Waals surface area (Å²) in [4.78, 5) is 2.61. The second-order valence-electron chi connectivity index (χ2n) is 11.6. The number of aromatic nitrogens is 1. The third kappa shape index (κ3) is 5.69. The van der Waals surface area contributed by atoms with Gasteiger partial charge in [-0.25, -0.2) is 0 Å². The van der Waals surface area contributed by atoms with Gasteiger partial charge in [0.15, 0.2) is 0 Å². The Labute approximate surface area is 222 Å². The number of fused-ring (bicyclic) bond motifs is 1. The summed E-state index contributed by atoms with van der Waals surface area (Å²) in [6.45, 7) is 5.01. The van der Waals surface area contributed by atoms with Crippen LogP contribution in [0.25, 0.3) is 10.9 Å². The third-order valence-corrected chi connectivity index (χ3v) is 8.67. The van der Waals surface area contributed by atoms with Gasteiger partial charge in [0.05, 0.1) is 31.0 Å². The number of likely N-dealkylation sites (tertiary alicyclic amines) is 1. The zero-order chi connectivity index (χ0) is 26.2. The molecular formula is C29H37F3N4O2. The fourth-order valence-corrected chi connectivity index (χ4v) is 6.55. The van der Waals surface area contributed by atoms with Crippen molar-refractivity contribution in [2.45, 2.75) is 69.4 Å². The summed E-state index contributed by atoms with van der Waals surface area (Å²) in [5.74, 6) is 6.07. The molecule has 1 aliphatic carbocycles. The number of halogens is 3. The lowest BCUT2D eigenvalue weighted by Gasteiger charge is -2.58. The van der Waals surface area contributed by atoms with Crippen LogP contribution in [0.2, 0.25) is 0 Å². The van der Waals surface area contributed by atoms with E-state index in [0.29, 0.717) is 41.3 Å². The molecule has 1 saturated carbocycles. The van der Waals surface area contributed by atoms with E-state index in [-0.39, 0.29) is 0 Å². The minimum atomic E-state index is -4.33. The lowest BCUT2D eigenvalue weighted by molar-refractivity contribution is -0.200. The first-order chi connectivity index (χ1) is 18.4. The normalized spacial score (nSPS) is 26.0. The second-order valence-corrected chi connectivity index (χ2v) is 11.6. The molecule has 4 aliphatic rings. The lowest BCUT2D eigenvalue weighted by Crippen LogP contribution is -2.68. The summed E-state index contributed by atoms with van der Waals surface area (Å²) >= 11 is 0. The van der Waals surface area contributed by atoms with Crippen molar-refractivity contribution in [2.24, 2.45) is 5.41 Å². The van der Waals surface area contributed by atoms with Crippen molar-refractivity contribution in [1.82, 2.24) is 14.8 Å². The van der Waals surface area contributed by atoms with Gasteiger partial charge in [-0.05, 0) is 62.6 Å². The molecular weight excluding hydrogens is 493 g/mol. The topological polar surface area (TPSA) is 50.7 Å². The molecule has 3 aliphatic heterocycles. The van der Waals surface area contributed by atoms with Crippen LogP contribution in [0.3, 0.4) is 0 Å². The van der Waals surface area contributed by atoms with Crippen LogP contribution in [0.4, 0.5) is 18.9 Å². The number of nitrogens with one attached hydrogen (secondary N) is 2. The molecule has 38 heavy (non-hydrogen) atoms. The highest BCUT2D eigenvalue weighted by molar-refractivity contribution is 5.94. The Bertz CT molecular complexity index is 1170. The first-order valence-electron chi connectivity index (χ1n) is 13.9. The Kier molecular flexibility index (Phi) is 7.34. The highest BCUT2D eigenvalue weighted by atomic mass is 19.4. The zero-order valence-electron chi connectivity index (χ0n) is 21.8. The molecule has 1 aromatic heterocycles. The summed E-state index contributed by atoms with van der Waals surface area (Å²) in [6, 6.07) is 8.70. The van der Waals surface area contributed by atoms with Crippen LogP contribution in [0.15, 0.2) is 24.3 Å². The summed E-state index contributed by atoms with van der Waals surface area (Å²) in [5, 5.41) is 7.85. The first kappa shape index (κ1) is 26.0. The van der Waals surface area contributed by atoms with Crippen LogP contribution >= 0.6 is 0 Å². The molecule has 9 heteroatoms. The number of hydrogen-bond donors (Lipinski definition) is 2. The Hall–Kier alpha value is -2.25. The largest absolute Gasteiger partial charge is 0.406 e. The van der Waals surface area contributed by atoms with Crippen LogP contribution < -0.4 is 10.6 Å². The molecule has 0 bridgehead atoms. The minimum absolute atomic E-state index is 0.322. The van der Waals surface area contributed by atoms with Gasteiger partial charge in [-0.2, -0.15) is 13.2 Å². The van der Waals surface area contributed by atoms with Gasteiger partial charge in [0, 0.05) is 60.9 Å². The zero-order valence-corrected chi connectivity index (χ0v) is 21.8. The highest BCUT2D eigenvalue weighted by Crippen LogP contribution is 2.41. The monoisotopic (exact) mass is 530 g/mol. The number of hydrogen-bond acceptors (Lipinski definition) is 5. The van der Waals surface area contributed by atoms with Crippen LogP contribution in [-0.4, -0.2) is 79.8 Å². The molecule has 2 aromatic rings. The van der Waals surface area contributed by atoms with Crippen molar-refractivity contribution in [3.63, 3.8) is 0 Å². The molecule has 206 valence electrons. The Morgan fingerprint density at radius 1 is 0.974 bits per heavy atom. The van der Waals surface area contributed by atoms with E-state index in [9.17, 15) is 13.2 Å². The quantitative estimate of drug-likeness (QED) is 0.543. The van der Waals surface area contributed by atoms with E-state index in [0.717, 1.165) is 89.1 Å². The molecule has 0 radical (unpaired) electrons. The number of nitrogens with zero attached hydrogens (tertiary/aromatic N) is 2. The molecule has 4 fully saturated rings. The summed E-state index contributed by atoms with van der Waals surface area (Å²) in [6.07, 6.45) is 1.96.